The van der Waals surface area contributed by atoms with Crippen LogP contribution < -0.4 is 14.8 Å². The van der Waals surface area contributed by atoms with E-state index in [1.807, 2.05) is 26.0 Å². The fraction of sp³-hybridized carbons (Fsp3) is 0.417. The summed E-state index contributed by atoms with van der Waals surface area (Å²) in [4.78, 5) is 27.0. The number of halogens is 1. The van der Waals surface area contributed by atoms with Crippen LogP contribution in [-0.4, -0.2) is 37.5 Å². The third-order valence-electron chi connectivity index (χ3n) is 5.73. The predicted octanol–water partition coefficient (Wildman–Crippen LogP) is 3.63. The highest BCUT2D eigenvalue weighted by Gasteiger charge is 2.33. The molecule has 31 heavy (non-hydrogen) atoms. The summed E-state index contributed by atoms with van der Waals surface area (Å²) in [5, 5.41) is 3.09. The Morgan fingerprint density at radius 2 is 1.87 bits per heavy atom. The van der Waals surface area contributed by atoms with Crippen molar-refractivity contribution in [3.63, 3.8) is 0 Å². The van der Waals surface area contributed by atoms with E-state index in [1.54, 1.807) is 43.4 Å². The topological polar surface area (TPSA) is 67.9 Å². The Bertz CT molecular complexity index is 960. The molecule has 0 bridgehead atoms. The molecule has 1 unspecified atom stereocenters. The molecular weight excluding hydrogens is 399 g/mol. The molecule has 6 nitrogen and oxygen atoms in total. The first-order valence-corrected chi connectivity index (χ1v) is 10.3. The Morgan fingerprint density at radius 1 is 1.16 bits per heavy atom. The standard InChI is InChI=1S/C24H29FN2O4/c1-24(2,18-10-11-20(30-3)21(13-18)31-4)26-23(29)17-9-12-22(28)27(15-17)14-16-7-5-6-8-19(16)25/h5-8,10-11,13,17H,9,12,14-15H2,1-4H3,(H,26,29). The highest BCUT2D eigenvalue weighted by Crippen LogP contribution is 2.32. The van der Waals surface area contributed by atoms with E-state index in [9.17, 15) is 14.0 Å². The Kier molecular flexibility index (Phi) is 6.83. The van der Waals surface area contributed by atoms with E-state index in [4.69, 9.17) is 9.47 Å². The molecule has 2 aromatic rings. The van der Waals surface area contributed by atoms with Gasteiger partial charge in [-0.2, -0.15) is 0 Å². The fourth-order valence-electron chi connectivity index (χ4n) is 3.82. The van der Waals surface area contributed by atoms with Gasteiger partial charge in [0, 0.05) is 25.1 Å². The average molecular weight is 429 g/mol. The molecule has 1 saturated heterocycles. The Morgan fingerprint density at radius 3 is 2.55 bits per heavy atom. The predicted molar refractivity (Wildman–Crippen MR) is 115 cm³/mol. The number of methoxy groups -OCH3 is 2. The minimum absolute atomic E-state index is 0.0635. The zero-order valence-electron chi connectivity index (χ0n) is 18.4. The molecule has 1 atom stereocenters. The number of nitrogens with zero attached hydrogens (tertiary/aromatic N) is 1. The van der Waals surface area contributed by atoms with Crippen molar-refractivity contribution in [2.45, 2.75) is 38.8 Å². The number of carbonyl (C=O) groups is 2. The van der Waals surface area contributed by atoms with Crippen LogP contribution in [0.4, 0.5) is 4.39 Å². The van der Waals surface area contributed by atoms with Gasteiger partial charge < -0.3 is 19.7 Å². The van der Waals surface area contributed by atoms with Crippen LogP contribution in [0, 0.1) is 11.7 Å². The van der Waals surface area contributed by atoms with Gasteiger partial charge >= 0.3 is 0 Å². The van der Waals surface area contributed by atoms with Gasteiger partial charge in [0.2, 0.25) is 11.8 Å². The molecule has 1 N–H and O–H groups in total. The third-order valence-corrected chi connectivity index (χ3v) is 5.73. The fourth-order valence-corrected chi connectivity index (χ4v) is 3.82. The van der Waals surface area contributed by atoms with E-state index in [0.717, 1.165) is 5.56 Å². The zero-order valence-corrected chi connectivity index (χ0v) is 18.4. The van der Waals surface area contributed by atoms with Crippen LogP contribution >= 0.6 is 0 Å². The van der Waals surface area contributed by atoms with E-state index < -0.39 is 5.54 Å². The number of amides is 2. The van der Waals surface area contributed by atoms with Gasteiger partial charge in [-0.1, -0.05) is 24.3 Å². The molecule has 2 amide bonds. The summed E-state index contributed by atoms with van der Waals surface area (Å²) in [5.41, 5.74) is 0.658. The Labute approximate surface area is 182 Å². The van der Waals surface area contributed by atoms with Crippen LogP contribution in [0.1, 0.15) is 37.8 Å². The second-order valence-corrected chi connectivity index (χ2v) is 8.29. The van der Waals surface area contributed by atoms with Crippen LogP contribution in [0.3, 0.4) is 0 Å². The maximum Gasteiger partial charge on any atom is 0.225 e. The number of carbonyl (C=O) groups excluding carboxylic acids is 2. The smallest absolute Gasteiger partial charge is 0.225 e. The minimum Gasteiger partial charge on any atom is -0.493 e. The summed E-state index contributed by atoms with van der Waals surface area (Å²) in [6.07, 6.45) is 0.740. The number of rotatable bonds is 7. The van der Waals surface area contributed by atoms with Gasteiger partial charge in [0.15, 0.2) is 11.5 Å². The van der Waals surface area contributed by atoms with Gasteiger partial charge in [0.1, 0.15) is 5.82 Å². The molecule has 0 saturated carbocycles. The van der Waals surface area contributed by atoms with Crippen LogP contribution in [0.15, 0.2) is 42.5 Å². The summed E-state index contributed by atoms with van der Waals surface area (Å²) in [7, 11) is 3.14. The molecule has 0 aromatic heterocycles. The van der Waals surface area contributed by atoms with E-state index in [1.165, 1.54) is 6.07 Å². The SMILES string of the molecule is COc1ccc(C(C)(C)NC(=O)C2CCC(=O)N(Cc3ccccc3F)C2)cc1OC. The molecule has 0 spiro atoms. The van der Waals surface area contributed by atoms with Crippen LogP contribution in [-0.2, 0) is 21.7 Å². The monoisotopic (exact) mass is 428 g/mol. The summed E-state index contributed by atoms with van der Waals surface area (Å²) >= 11 is 0. The van der Waals surface area contributed by atoms with Crippen molar-refractivity contribution >= 4 is 11.8 Å². The minimum atomic E-state index is -0.658. The van der Waals surface area contributed by atoms with Crippen molar-refractivity contribution in [3.8, 4) is 11.5 Å². The highest BCUT2D eigenvalue weighted by molar-refractivity contribution is 5.84. The first-order chi connectivity index (χ1) is 14.7. The quantitative estimate of drug-likeness (QED) is 0.731. The average Bonchev–Trinajstić information content (AvgIpc) is 2.75. The molecule has 1 aliphatic rings. The van der Waals surface area contributed by atoms with Crippen LogP contribution in [0.2, 0.25) is 0 Å². The lowest BCUT2D eigenvalue weighted by atomic mass is 9.90. The molecule has 7 heteroatoms. The molecule has 1 fully saturated rings. The van der Waals surface area contributed by atoms with Crippen LogP contribution in [0.5, 0.6) is 11.5 Å². The van der Waals surface area contributed by atoms with E-state index in [-0.39, 0.29) is 43.1 Å². The van der Waals surface area contributed by atoms with E-state index in [0.29, 0.717) is 23.5 Å². The first-order valence-electron chi connectivity index (χ1n) is 10.3. The van der Waals surface area contributed by atoms with Gasteiger partial charge in [0.25, 0.3) is 0 Å². The number of hydrogen-bond donors (Lipinski definition) is 1. The molecule has 1 heterocycles. The zero-order chi connectivity index (χ0) is 22.6. The molecule has 166 valence electrons. The van der Waals surface area contributed by atoms with E-state index in [2.05, 4.69) is 5.32 Å². The van der Waals surface area contributed by atoms with Crippen molar-refractivity contribution in [3.05, 3.63) is 59.4 Å². The Balaban J connectivity index is 1.70. The number of hydrogen-bond acceptors (Lipinski definition) is 4. The van der Waals surface area contributed by atoms with Crippen molar-refractivity contribution in [2.75, 3.05) is 20.8 Å². The summed E-state index contributed by atoms with van der Waals surface area (Å²) in [6.45, 7) is 4.25. The maximum atomic E-state index is 14.0. The summed E-state index contributed by atoms with van der Waals surface area (Å²) in [5.74, 6) is 0.294. The maximum absolute atomic E-state index is 14.0. The number of nitrogens with one attached hydrogen (secondary N) is 1. The Hall–Kier alpha value is -3.09. The largest absolute Gasteiger partial charge is 0.493 e. The van der Waals surface area contributed by atoms with Crippen molar-refractivity contribution in [1.29, 1.82) is 0 Å². The third kappa shape index (κ3) is 5.16. The molecule has 0 radical (unpaired) electrons. The van der Waals surface area contributed by atoms with Crippen molar-refractivity contribution in [2.24, 2.45) is 5.92 Å². The molecule has 3 rings (SSSR count). The second-order valence-electron chi connectivity index (χ2n) is 8.29. The van der Waals surface area contributed by atoms with Crippen LogP contribution in [0.25, 0.3) is 0 Å². The van der Waals surface area contributed by atoms with E-state index >= 15 is 0 Å². The summed E-state index contributed by atoms with van der Waals surface area (Å²) in [6, 6.07) is 11.9. The van der Waals surface area contributed by atoms with Gasteiger partial charge in [-0.15, -0.1) is 0 Å². The highest BCUT2D eigenvalue weighted by atomic mass is 19.1. The van der Waals surface area contributed by atoms with Crippen molar-refractivity contribution < 1.29 is 23.5 Å². The van der Waals surface area contributed by atoms with Gasteiger partial charge in [-0.05, 0) is 44.0 Å². The lowest BCUT2D eigenvalue weighted by Crippen LogP contribution is -2.49. The number of piperidine rings is 1. The normalized spacial score (nSPS) is 16.7. The number of likely N-dealkylation sites (tertiary alicyclic amines) is 1. The van der Waals surface area contributed by atoms with Gasteiger partial charge in [0.05, 0.1) is 25.7 Å². The second kappa shape index (κ2) is 9.37. The van der Waals surface area contributed by atoms with Gasteiger partial charge in [-0.3, -0.25) is 9.59 Å². The van der Waals surface area contributed by atoms with Gasteiger partial charge in [-0.25, -0.2) is 4.39 Å². The molecular formula is C24H29FN2O4. The number of ether oxygens (including phenoxy) is 2. The molecule has 0 aliphatic carbocycles. The van der Waals surface area contributed by atoms with Crippen molar-refractivity contribution in [1.82, 2.24) is 10.2 Å². The lowest BCUT2D eigenvalue weighted by molar-refractivity contribution is -0.139. The molecule has 1 aliphatic heterocycles. The lowest BCUT2D eigenvalue weighted by Gasteiger charge is -2.35. The summed E-state index contributed by atoms with van der Waals surface area (Å²) < 4.78 is 24.7. The first kappa shape index (κ1) is 22.6. The number of benzene rings is 2. The molecule has 2 aromatic carbocycles.